The van der Waals surface area contributed by atoms with Gasteiger partial charge in [-0.3, -0.25) is 4.79 Å². The molecule has 1 aliphatic heterocycles. The Bertz CT molecular complexity index is 798. The summed E-state index contributed by atoms with van der Waals surface area (Å²) in [6.07, 6.45) is 4.72. The molecule has 2 fully saturated rings. The summed E-state index contributed by atoms with van der Waals surface area (Å²) in [5.41, 5.74) is 6.56. The van der Waals surface area contributed by atoms with Gasteiger partial charge in [0, 0.05) is 26.1 Å². The van der Waals surface area contributed by atoms with E-state index in [-0.39, 0.29) is 17.2 Å². The van der Waals surface area contributed by atoms with Crippen molar-refractivity contribution in [3.8, 4) is 5.75 Å². The molecule has 1 aromatic carbocycles. The number of likely N-dealkylation sites (tertiary alicyclic amines) is 1. The number of aryl methyl sites for hydroxylation is 1. The molecule has 2 aliphatic rings. The van der Waals surface area contributed by atoms with E-state index in [0.29, 0.717) is 5.95 Å². The second-order valence-electron chi connectivity index (χ2n) is 7.68. The Morgan fingerprint density at radius 2 is 1.89 bits per heavy atom. The minimum absolute atomic E-state index is 0.269. The van der Waals surface area contributed by atoms with E-state index in [1.54, 1.807) is 18.8 Å². The predicted molar refractivity (Wildman–Crippen MR) is 102 cm³/mol. The Kier molecular flexibility index (Phi) is 4.53. The smallest absolute Gasteiger partial charge is 0.233 e. The molecule has 1 aliphatic carbocycles. The number of benzene rings is 1. The van der Waals surface area contributed by atoms with Crippen molar-refractivity contribution in [1.82, 2.24) is 19.7 Å². The number of hydrogen-bond acceptors (Lipinski definition) is 5. The first kappa shape index (κ1) is 17.8. The molecule has 1 saturated heterocycles. The summed E-state index contributed by atoms with van der Waals surface area (Å²) in [5, 5.41) is 4.41. The molecular weight excluding hydrogens is 342 g/mol. The molecular formula is C20H27N5O2. The van der Waals surface area contributed by atoms with Crippen molar-refractivity contribution in [1.29, 1.82) is 0 Å². The predicted octanol–water partition coefficient (Wildman–Crippen LogP) is 2.23. The number of rotatable bonds is 4. The second kappa shape index (κ2) is 6.87. The summed E-state index contributed by atoms with van der Waals surface area (Å²) < 4.78 is 6.87. The van der Waals surface area contributed by atoms with Crippen molar-refractivity contribution >= 4 is 11.9 Å². The zero-order chi connectivity index (χ0) is 19.0. The summed E-state index contributed by atoms with van der Waals surface area (Å²) in [5.74, 6) is 2.61. The molecule has 27 heavy (non-hydrogen) atoms. The first-order valence-electron chi connectivity index (χ1n) is 9.64. The van der Waals surface area contributed by atoms with Crippen molar-refractivity contribution in [3.63, 3.8) is 0 Å². The van der Waals surface area contributed by atoms with Crippen LogP contribution >= 0.6 is 0 Å². The summed E-state index contributed by atoms with van der Waals surface area (Å²) in [6.45, 7) is 1.50. The number of anilines is 1. The molecule has 0 spiro atoms. The van der Waals surface area contributed by atoms with Crippen LogP contribution in [0.15, 0.2) is 24.3 Å². The quantitative estimate of drug-likeness (QED) is 0.893. The van der Waals surface area contributed by atoms with E-state index in [0.717, 1.165) is 62.3 Å². The van der Waals surface area contributed by atoms with Gasteiger partial charge >= 0.3 is 0 Å². The minimum Gasteiger partial charge on any atom is -0.497 e. The van der Waals surface area contributed by atoms with Crippen molar-refractivity contribution in [2.24, 2.45) is 7.05 Å². The maximum absolute atomic E-state index is 13.4. The van der Waals surface area contributed by atoms with Crippen molar-refractivity contribution < 1.29 is 9.53 Å². The van der Waals surface area contributed by atoms with Gasteiger partial charge in [0.15, 0.2) is 5.82 Å². The van der Waals surface area contributed by atoms with E-state index in [9.17, 15) is 4.79 Å². The number of nitrogen functional groups attached to an aromatic ring is 1. The summed E-state index contributed by atoms with van der Waals surface area (Å²) in [4.78, 5) is 19.8. The molecule has 2 aromatic rings. The summed E-state index contributed by atoms with van der Waals surface area (Å²) in [7, 11) is 3.47. The highest BCUT2D eigenvalue weighted by atomic mass is 16.5. The molecule has 2 N–H and O–H groups in total. The fourth-order valence-electron chi connectivity index (χ4n) is 4.30. The number of nitrogens with zero attached hydrogens (tertiary/aromatic N) is 4. The largest absolute Gasteiger partial charge is 0.497 e. The summed E-state index contributed by atoms with van der Waals surface area (Å²) >= 11 is 0. The van der Waals surface area contributed by atoms with Crippen molar-refractivity contribution in [2.75, 3.05) is 25.9 Å². The number of amides is 1. The van der Waals surface area contributed by atoms with Gasteiger partial charge in [-0.05, 0) is 43.4 Å². The van der Waals surface area contributed by atoms with Crippen LogP contribution in [0.25, 0.3) is 0 Å². The molecule has 7 heteroatoms. The molecule has 0 atom stereocenters. The van der Waals surface area contributed by atoms with Gasteiger partial charge in [-0.25, -0.2) is 4.68 Å². The van der Waals surface area contributed by atoms with Crippen LogP contribution in [0, 0.1) is 0 Å². The highest BCUT2D eigenvalue weighted by Crippen LogP contribution is 2.46. The molecule has 1 amide bonds. The number of methoxy groups -OCH3 is 1. The van der Waals surface area contributed by atoms with E-state index in [1.165, 1.54) is 0 Å². The minimum atomic E-state index is -0.354. The van der Waals surface area contributed by atoms with E-state index < -0.39 is 0 Å². The van der Waals surface area contributed by atoms with Crippen molar-refractivity contribution in [3.05, 3.63) is 35.7 Å². The number of piperidine rings is 1. The standard InChI is InChI=1S/C20H27N5O2/c1-24-19(21)22-17(23-24)14-8-12-25(13-9-14)18(26)20(10-3-11-20)15-4-6-16(27-2)7-5-15/h4-7,14H,3,8-13H2,1-2H3,(H2,21,22,23). The van der Waals surface area contributed by atoms with Crippen LogP contribution in [0.4, 0.5) is 5.95 Å². The fraction of sp³-hybridized carbons (Fsp3) is 0.550. The fourth-order valence-corrected chi connectivity index (χ4v) is 4.30. The van der Waals surface area contributed by atoms with Gasteiger partial charge in [0.05, 0.1) is 12.5 Å². The van der Waals surface area contributed by atoms with E-state index in [1.807, 2.05) is 29.2 Å². The van der Waals surface area contributed by atoms with Crippen LogP contribution in [-0.2, 0) is 17.3 Å². The van der Waals surface area contributed by atoms with Crippen LogP contribution < -0.4 is 10.5 Å². The Morgan fingerprint density at radius 3 is 2.37 bits per heavy atom. The number of nitrogens with two attached hydrogens (primary N) is 1. The lowest BCUT2D eigenvalue weighted by Gasteiger charge is -2.45. The Morgan fingerprint density at radius 1 is 1.22 bits per heavy atom. The first-order chi connectivity index (χ1) is 13.0. The lowest BCUT2D eigenvalue weighted by Crippen LogP contribution is -2.52. The molecule has 0 radical (unpaired) electrons. The topological polar surface area (TPSA) is 86.3 Å². The number of ether oxygens (including phenoxy) is 1. The number of carbonyl (C=O) groups excluding carboxylic acids is 1. The lowest BCUT2D eigenvalue weighted by molar-refractivity contribution is -0.142. The molecule has 0 bridgehead atoms. The molecule has 4 rings (SSSR count). The average molecular weight is 369 g/mol. The number of carbonyl (C=O) groups is 1. The molecule has 2 heterocycles. The maximum atomic E-state index is 13.4. The van der Waals surface area contributed by atoms with Gasteiger partial charge in [0.1, 0.15) is 5.75 Å². The third-order valence-corrected chi connectivity index (χ3v) is 6.22. The van der Waals surface area contributed by atoms with Crippen molar-refractivity contribution in [2.45, 2.75) is 43.4 Å². The van der Waals surface area contributed by atoms with Gasteiger partial charge in [-0.15, -0.1) is 0 Å². The lowest BCUT2D eigenvalue weighted by atomic mass is 9.63. The van der Waals surface area contributed by atoms with Gasteiger partial charge in [-0.2, -0.15) is 10.1 Å². The SMILES string of the molecule is COc1ccc(C2(C(=O)N3CCC(c4nc(N)n(C)n4)CC3)CCC2)cc1. The number of hydrogen-bond donors (Lipinski definition) is 1. The van der Waals surface area contributed by atoms with E-state index >= 15 is 0 Å². The Balaban J connectivity index is 1.46. The highest BCUT2D eigenvalue weighted by Gasteiger charge is 2.48. The highest BCUT2D eigenvalue weighted by molar-refractivity contribution is 5.89. The van der Waals surface area contributed by atoms with Gasteiger partial charge in [0.25, 0.3) is 0 Å². The van der Waals surface area contributed by atoms with Crippen LogP contribution in [0.3, 0.4) is 0 Å². The van der Waals surface area contributed by atoms with E-state index in [2.05, 4.69) is 10.1 Å². The van der Waals surface area contributed by atoms with Crippen LogP contribution in [0.5, 0.6) is 5.75 Å². The molecule has 0 unspecified atom stereocenters. The second-order valence-corrected chi connectivity index (χ2v) is 7.68. The van der Waals surface area contributed by atoms with Crippen LogP contribution in [0.2, 0.25) is 0 Å². The first-order valence-corrected chi connectivity index (χ1v) is 9.64. The summed E-state index contributed by atoms with van der Waals surface area (Å²) in [6, 6.07) is 7.99. The monoisotopic (exact) mass is 369 g/mol. The normalized spacial score (nSPS) is 19.6. The molecule has 1 saturated carbocycles. The zero-order valence-electron chi connectivity index (χ0n) is 16.0. The third kappa shape index (κ3) is 3.05. The average Bonchev–Trinajstić information content (AvgIpc) is 3.00. The Labute approximate surface area is 159 Å². The van der Waals surface area contributed by atoms with Gasteiger partial charge in [-0.1, -0.05) is 18.6 Å². The molecule has 144 valence electrons. The van der Waals surface area contributed by atoms with Crippen LogP contribution in [0.1, 0.15) is 49.4 Å². The number of aromatic nitrogens is 3. The zero-order valence-corrected chi connectivity index (χ0v) is 16.0. The molecule has 1 aromatic heterocycles. The maximum Gasteiger partial charge on any atom is 0.233 e. The third-order valence-electron chi connectivity index (χ3n) is 6.22. The van der Waals surface area contributed by atoms with E-state index in [4.69, 9.17) is 10.5 Å². The van der Waals surface area contributed by atoms with Gasteiger partial charge in [0.2, 0.25) is 11.9 Å². The van der Waals surface area contributed by atoms with Gasteiger partial charge < -0.3 is 15.4 Å². The molecule has 7 nitrogen and oxygen atoms in total. The van der Waals surface area contributed by atoms with Crippen LogP contribution in [-0.4, -0.2) is 45.8 Å². The Hall–Kier alpha value is -2.57.